The highest BCUT2D eigenvalue weighted by atomic mass is 16.2. The maximum Gasteiger partial charge on any atom is 0.253 e. The van der Waals surface area contributed by atoms with Crippen molar-refractivity contribution in [1.82, 2.24) is 9.80 Å². The van der Waals surface area contributed by atoms with Gasteiger partial charge in [0.15, 0.2) is 0 Å². The Morgan fingerprint density at radius 2 is 1.55 bits per heavy atom. The van der Waals surface area contributed by atoms with Crippen LogP contribution in [0.4, 0.5) is 5.69 Å². The minimum Gasteiger partial charge on any atom is -0.345 e. The van der Waals surface area contributed by atoms with Crippen LogP contribution >= 0.6 is 0 Å². The minimum absolute atomic E-state index is 0.0198. The van der Waals surface area contributed by atoms with Crippen LogP contribution < -0.4 is 5.32 Å². The van der Waals surface area contributed by atoms with Gasteiger partial charge in [-0.3, -0.25) is 14.5 Å². The molecule has 0 bridgehead atoms. The van der Waals surface area contributed by atoms with Crippen molar-refractivity contribution < 1.29 is 9.59 Å². The van der Waals surface area contributed by atoms with Gasteiger partial charge in [0.05, 0.1) is 6.54 Å². The van der Waals surface area contributed by atoms with Crippen molar-refractivity contribution in [1.29, 1.82) is 0 Å². The molecule has 1 aromatic rings. The molecule has 0 aromatic heterocycles. The molecule has 1 N–H and O–H groups in total. The lowest BCUT2D eigenvalue weighted by atomic mass is 10.2. The summed E-state index contributed by atoms with van der Waals surface area (Å²) in [4.78, 5) is 27.6. The number of carbonyl (C=O) groups is 2. The number of benzene rings is 1. The number of hydrogen-bond acceptors (Lipinski definition) is 3. The van der Waals surface area contributed by atoms with E-state index in [0.717, 1.165) is 25.9 Å². The number of hydrogen-bond donors (Lipinski definition) is 1. The monoisotopic (exact) mass is 305 g/mol. The average molecular weight is 305 g/mol. The molecular formula is C17H27N3O2. The van der Waals surface area contributed by atoms with E-state index in [1.54, 1.807) is 38.4 Å². The Bertz CT molecular complexity index is 477. The van der Waals surface area contributed by atoms with E-state index < -0.39 is 0 Å². The van der Waals surface area contributed by atoms with Crippen LogP contribution in [0.3, 0.4) is 0 Å². The summed E-state index contributed by atoms with van der Waals surface area (Å²) >= 11 is 0. The average Bonchev–Trinajstić information content (AvgIpc) is 2.47. The normalized spacial score (nSPS) is 10.6. The summed E-state index contributed by atoms with van der Waals surface area (Å²) in [6.07, 6.45) is 2.07. The Hall–Kier alpha value is -1.88. The second-order valence-corrected chi connectivity index (χ2v) is 5.60. The van der Waals surface area contributed by atoms with Crippen LogP contribution in [0.25, 0.3) is 0 Å². The molecule has 0 atom stereocenters. The summed E-state index contributed by atoms with van der Waals surface area (Å²) in [5.74, 6) is -0.0662. The molecule has 0 fully saturated rings. The molecule has 0 aliphatic rings. The quantitative estimate of drug-likeness (QED) is 0.802. The summed E-state index contributed by atoms with van der Waals surface area (Å²) in [5, 5.41) is 2.88. The largest absolute Gasteiger partial charge is 0.345 e. The first-order chi connectivity index (χ1) is 10.5. The van der Waals surface area contributed by atoms with E-state index in [9.17, 15) is 9.59 Å². The highest BCUT2D eigenvalue weighted by Gasteiger charge is 2.11. The molecule has 0 aliphatic heterocycles. The van der Waals surface area contributed by atoms with E-state index in [2.05, 4.69) is 24.1 Å². The standard InChI is InChI=1S/C17H27N3O2/c1-5-11-20(12-6-2)13-16(21)18-15-9-7-14(8-10-15)17(22)19(3)4/h7-10H,5-6,11-13H2,1-4H3,(H,18,21). The zero-order chi connectivity index (χ0) is 16.5. The van der Waals surface area contributed by atoms with Gasteiger partial charge in [-0.25, -0.2) is 0 Å². The second-order valence-electron chi connectivity index (χ2n) is 5.60. The molecule has 1 rings (SSSR count). The number of carbonyl (C=O) groups excluding carboxylic acids is 2. The third-order valence-corrected chi connectivity index (χ3v) is 3.27. The number of anilines is 1. The Morgan fingerprint density at radius 1 is 1.00 bits per heavy atom. The van der Waals surface area contributed by atoms with Gasteiger partial charge in [-0.2, -0.15) is 0 Å². The molecule has 0 radical (unpaired) electrons. The van der Waals surface area contributed by atoms with Gasteiger partial charge >= 0.3 is 0 Å². The molecule has 5 heteroatoms. The van der Waals surface area contributed by atoms with E-state index in [-0.39, 0.29) is 11.8 Å². The molecule has 0 saturated heterocycles. The second kappa shape index (κ2) is 9.20. The molecule has 22 heavy (non-hydrogen) atoms. The van der Waals surface area contributed by atoms with E-state index in [4.69, 9.17) is 0 Å². The van der Waals surface area contributed by atoms with E-state index >= 15 is 0 Å². The van der Waals surface area contributed by atoms with Crippen molar-refractivity contribution in [3.8, 4) is 0 Å². The van der Waals surface area contributed by atoms with E-state index in [0.29, 0.717) is 17.8 Å². The Balaban J connectivity index is 2.59. The first-order valence-corrected chi connectivity index (χ1v) is 7.81. The van der Waals surface area contributed by atoms with Gasteiger partial charge in [-0.05, 0) is 50.2 Å². The maximum absolute atomic E-state index is 12.1. The summed E-state index contributed by atoms with van der Waals surface area (Å²) in [6, 6.07) is 6.98. The van der Waals surface area contributed by atoms with E-state index in [1.165, 1.54) is 4.90 Å². The molecule has 122 valence electrons. The van der Waals surface area contributed by atoms with Gasteiger partial charge in [0.1, 0.15) is 0 Å². The van der Waals surface area contributed by atoms with Crippen molar-refractivity contribution in [3.05, 3.63) is 29.8 Å². The SMILES string of the molecule is CCCN(CCC)CC(=O)Nc1ccc(C(=O)N(C)C)cc1. The number of nitrogens with zero attached hydrogens (tertiary/aromatic N) is 2. The van der Waals surface area contributed by atoms with Crippen LogP contribution in [0.15, 0.2) is 24.3 Å². The molecule has 0 saturated carbocycles. The summed E-state index contributed by atoms with van der Waals surface area (Å²) in [5.41, 5.74) is 1.33. The van der Waals surface area contributed by atoms with Gasteiger partial charge in [-0.15, -0.1) is 0 Å². The number of rotatable bonds is 8. The highest BCUT2D eigenvalue weighted by molar-refractivity contribution is 5.95. The first-order valence-electron chi connectivity index (χ1n) is 7.81. The smallest absolute Gasteiger partial charge is 0.253 e. The fourth-order valence-corrected chi connectivity index (χ4v) is 2.26. The molecule has 0 spiro atoms. The van der Waals surface area contributed by atoms with Gasteiger partial charge < -0.3 is 10.2 Å². The Morgan fingerprint density at radius 3 is 2.00 bits per heavy atom. The van der Waals surface area contributed by atoms with Crippen LogP contribution in [0.1, 0.15) is 37.0 Å². The third kappa shape index (κ3) is 5.85. The fourth-order valence-electron chi connectivity index (χ4n) is 2.26. The predicted molar refractivity (Wildman–Crippen MR) is 90.1 cm³/mol. The minimum atomic E-state index is -0.0463. The lowest BCUT2D eigenvalue weighted by molar-refractivity contribution is -0.117. The molecular weight excluding hydrogens is 278 g/mol. The van der Waals surface area contributed by atoms with Crippen molar-refractivity contribution in [2.45, 2.75) is 26.7 Å². The topological polar surface area (TPSA) is 52.7 Å². The van der Waals surface area contributed by atoms with Crippen LogP contribution in [-0.2, 0) is 4.79 Å². The van der Waals surface area contributed by atoms with Crippen LogP contribution in [-0.4, -0.2) is 55.3 Å². The molecule has 1 aromatic carbocycles. The van der Waals surface area contributed by atoms with Gasteiger partial charge in [0.25, 0.3) is 5.91 Å². The third-order valence-electron chi connectivity index (χ3n) is 3.27. The van der Waals surface area contributed by atoms with Crippen LogP contribution in [0.2, 0.25) is 0 Å². The predicted octanol–water partition coefficient (Wildman–Crippen LogP) is 2.45. The fraction of sp³-hybridized carbons (Fsp3) is 0.529. The Labute approximate surface area is 133 Å². The molecule has 0 aliphatic carbocycles. The number of nitrogens with one attached hydrogen (secondary N) is 1. The van der Waals surface area contributed by atoms with Gasteiger partial charge in [-0.1, -0.05) is 13.8 Å². The van der Waals surface area contributed by atoms with Crippen molar-refractivity contribution in [2.75, 3.05) is 39.0 Å². The lowest BCUT2D eigenvalue weighted by Crippen LogP contribution is -2.34. The van der Waals surface area contributed by atoms with Crippen molar-refractivity contribution >= 4 is 17.5 Å². The highest BCUT2D eigenvalue weighted by Crippen LogP contribution is 2.11. The molecule has 2 amide bonds. The molecule has 5 nitrogen and oxygen atoms in total. The lowest BCUT2D eigenvalue weighted by Gasteiger charge is -2.20. The first kappa shape index (κ1) is 18.2. The van der Waals surface area contributed by atoms with Crippen LogP contribution in [0.5, 0.6) is 0 Å². The Kier molecular flexibility index (Phi) is 7.60. The summed E-state index contributed by atoms with van der Waals surface area (Å²) in [6.45, 7) is 6.48. The maximum atomic E-state index is 12.1. The number of amides is 2. The summed E-state index contributed by atoms with van der Waals surface area (Å²) in [7, 11) is 3.43. The zero-order valence-electron chi connectivity index (χ0n) is 14.1. The van der Waals surface area contributed by atoms with E-state index in [1.807, 2.05) is 0 Å². The van der Waals surface area contributed by atoms with Gasteiger partial charge in [0, 0.05) is 25.3 Å². The van der Waals surface area contributed by atoms with Gasteiger partial charge in [0.2, 0.25) is 5.91 Å². The van der Waals surface area contributed by atoms with Crippen LogP contribution in [0, 0.1) is 0 Å². The van der Waals surface area contributed by atoms with Crippen molar-refractivity contribution in [3.63, 3.8) is 0 Å². The molecule has 0 unspecified atom stereocenters. The van der Waals surface area contributed by atoms with Crippen molar-refractivity contribution in [2.24, 2.45) is 0 Å². The molecule has 0 heterocycles. The zero-order valence-corrected chi connectivity index (χ0v) is 14.1. The summed E-state index contributed by atoms with van der Waals surface area (Å²) < 4.78 is 0.